The van der Waals surface area contributed by atoms with Crippen LogP contribution in [-0.4, -0.2) is 67.4 Å². The topological polar surface area (TPSA) is 109 Å². The number of carboxylic acid groups (broad SMARTS) is 1. The first-order valence-corrected chi connectivity index (χ1v) is 9.90. The fourth-order valence-electron chi connectivity index (χ4n) is 4.47. The third-order valence-corrected chi connectivity index (χ3v) is 6.81. The number of aromatic nitrogens is 2. The molecule has 0 aromatic carbocycles. The Balaban J connectivity index is 1.61. The minimum atomic E-state index is -0.694. The van der Waals surface area contributed by atoms with Crippen LogP contribution in [0.2, 0.25) is 0 Å². The van der Waals surface area contributed by atoms with Crippen LogP contribution in [0.4, 0.5) is 0 Å². The molecule has 9 heteroatoms. The number of nitrogens with zero attached hydrogens (tertiary/aromatic N) is 4. The number of aliphatic carboxylic acids is 1. The molecule has 3 unspecified atom stereocenters. The third kappa shape index (κ3) is 2.87. The van der Waals surface area contributed by atoms with E-state index in [1.807, 2.05) is 24.5 Å². The Kier molecular flexibility index (Phi) is 4.60. The van der Waals surface area contributed by atoms with Crippen LogP contribution in [0, 0.1) is 17.2 Å². The third-order valence-electron chi connectivity index (χ3n) is 5.91. The van der Waals surface area contributed by atoms with Crippen LogP contribution in [0.1, 0.15) is 37.2 Å². The normalized spacial score (nSPS) is 35.3. The number of likely N-dealkylation sites (N-methyl/N-ethyl adjacent to an activating group) is 1. The number of hydrogen-bond donors (Lipinski definition) is 3. The number of aromatic amines is 1. The maximum atomic E-state index is 11.2. The smallest absolute Gasteiger partial charge is 0.306 e. The molecule has 4 rings (SSSR count). The monoisotopic (exact) mass is 422 g/mol. The van der Waals surface area contributed by atoms with E-state index in [-0.39, 0.29) is 28.7 Å². The molecule has 0 spiro atoms. The van der Waals surface area contributed by atoms with Gasteiger partial charge in [0, 0.05) is 31.4 Å². The van der Waals surface area contributed by atoms with E-state index < -0.39 is 5.97 Å². The van der Waals surface area contributed by atoms with Crippen molar-refractivity contribution < 1.29 is 9.90 Å². The highest BCUT2D eigenvalue weighted by Crippen LogP contribution is 2.40. The molecule has 2 aliphatic heterocycles. The van der Waals surface area contributed by atoms with Crippen molar-refractivity contribution in [2.45, 2.75) is 42.6 Å². The molecular formula is C17H23BrN6O2. The van der Waals surface area contributed by atoms with Gasteiger partial charge in [-0.25, -0.2) is 5.01 Å². The van der Waals surface area contributed by atoms with E-state index in [2.05, 4.69) is 31.1 Å². The Bertz CT molecular complexity index is 728. The molecule has 140 valence electrons. The summed E-state index contributed by atoms with van der Waals surface area (Å²) in [6.45, 7) is 0.787. The highest BCUT2D eigenvalue weighted by Gasteiger charge is 2.47. The van der Waals surface area contributed by atoms with E-state index >= 15 is 0 Å². The molecule has 0 bridgehead atoms. The van der Waals surface area contributed by atoms with Crippen LogP contribution in [0.3, 0.4) is 0 Å². The van der Waals surface area contributed by atoms with Crippen LogP contribution >= 0.6 is 15.9 Å². The molecule has 1 aromatic heterocycles. The van der Waals surface area contributed by atoms with Crippen molar-refractivity contribution in [2.24, 2.45) is 16.8 Å². The Morgan fingerprint density at radius 2 is 2.12 bits per heavy atom. The molecule has 2 fully saturated rings. The Morgan fingerprint density at radius 3 is 2.73 bits per heavy atom. The van der Waals surface area contributed by atoms with Gasteiger partial charge in [0.25, 0.3) is 0 Å². The van der Waals surface area contributed by atoms with Gasteiger partial charge >= 0.3 is 5.97 Å². The predicted octanol–water partition coefficient (Wildman–Crippen LogP) is 2.07. The maximum Gasteiger partial charge on any atom is 0.306 e. The number of rotatable bonds is 3. The summed E-state index contributed by atoms with van der Waals surface area (Å²) in [5, 5.41) is 28.8. The van der Waals surface area contributed by atoms with E-state index in [0.717, 1.165) is 30.7 Å². The van der Waals surface area contributed by atoms with Gasteiger partial charge in [-0.3, -0.25) is 25.3 Å². The number of fused-ring (bicyclic) bond motifs is 1. The van der Waals surface area contributed by atoms with Gasteiger partial charge in [-0.2, -0.15) is 5.10 Å². The molecule has 1 saturated heterocycles. The molecular weight excluding hydrogens is 400 g/mol. The lowest BCUT2D eigenvalue weighted by Gasteiger charge is -2.40. The Morgan fingerprint density at radius 1 is 1.38 bits per heavy atom. The lowest BCUT2D eigenvalue weighted by Crippen LogP contribution is -2.53. The summed E-state index contributed by atoms with van der Waals surface area (Å²) in [5.74, 6) is -0.0241. The van der Waals surface area contributed by atoms with Crippen LogP contribution in [0.25, 0.3) is 0 Å². The van der Waals surface area contributed by atoms with Gasteiger partial charge in [-0.05, 0) is 37.2 Å². The van der Waals surface area contributed by atoms with Crippen molar-refractivity contribution in [2.75, 3.05) is 13.6 Å². The zero-order chi connectivity index (χ0) is 18.4. The minimum Gasteiger partial charge on any atom is -0.481 e. The second-order valence-electron chi connectivity index (χ2n) is 7.43. The van der Waals surface area contributed by atoms with E-state index in [1.165, 1.54) is 0 Å². The van der Waals surface area contributed by atoms with Gasteiger partial charge in [0.1, 0.15) is 16.8 Å². The van der Waals surface area contributed by atoms with E-state index in [4.69, 9.17) is 10.4 Å². The quantitative estimate of drug-likeness (QED) is 0.645. The number of halogens is 1. The summed E-state index contributed by atoms with van der Waals surface area (Å²) in [7, 11) is 1.99. The zero-order valence-corrected chi connectivity index (χ0v) is 16.2. The molecule has 3 atom stereocenters. The summed E-state index contributed by atoms with van der Waals surface area (Å²) < 4.78 is 0. The largest absolute Gasteiger partial charge is 0.481 e. The molecule has 3 N–H and O–H groups in total. The predicted molar refractivity (Wildman–Crippen MR) is 101 cm³/mol. The summed E-state index contributed by atoms with van der Waals surface area (Å²) in [4.78, 5) is 16.1. The molecule has 8 nitrogen and oxygen atoms in total. The number of hydrazine groups is 1. The average Bonchev–Trinajstić information content (AvgIpc) is 3.26. The fourth-order valence-corrected chi connectivity index (χ4v) is 5.18. The summed E-state index contributed by atoms with van der Waals surface area (Å²) >= 11 is 3.67. The number of carboxylic acids is 1. The number of alkyl halides is 1. The number of amidine groups is 1. The first kappa shape index (κ1) is 17.7. The lowest BCUT2D eigenvalue weighted by atomic mass is 9.78. The molecule has 0 radical (unpaired) electrons. The van der Waals surface area contributed by atoms with Gasteiger partial charge in [0.2, 0.25) is 0 Å². The highest BCUT2D eigenvalue weighted by atomic mass is 79.9. The van der Waals surface area contributed by atoms with Crippen molar-refractivity contribution in [3.63, 3.8) is 0 Å². The molecule has 1 aromatic rings. The van der Waals surface area contributed by atoms with Crippen molar-refractivity contribution in [1.82, 2.24) is 20.2 Å². The second kappa shape index (κ2) is 6.77. The number of aliphatic imine (C=N–C) groups is 1. The summed E-state index contributed by atoms with van der Waals surface area (Å²) in [6.07, 6.45) is 6.62. The number of carbonyl (C=O) groups is 1. The Labute approximate surface area is 160 Å². The standard InChI is InChI=1S/C17H23BrN6O2/c1-23-8-12(11-6-20-21-7-11)16-22-14(13(18)15(19)24(16)23)9-2-4-10(5-3-9)17(25)26/h6-7,9-10,12-13,16,19H,2-5,8H2,1H3,(H,20,21)(H,25,26). The van der Waals surface area contributed by atoms with Crippen molar-refractivity contribution in [1.29, 1.82) is 5.41 Å². The molecule has 0 amide bonds. The number of nitrogens with one attached hydrogen (secondary N) is 2. The average molecular weight is 423 g/mol. The Hall–Kier alpha value is -1.74. The highest BCUT2D eigenvalue weighted by molar-refractivity contribution is 9.10. The van der Waals surface area contributed by atoms with Gasteiger partial charge < -0.3 is 5.11 Å². The van der Waals surface area contributed by atoms with Crippen molar-refractivity contribution in [3.05, 3.63) is 18.0 Å². The molecule has 1 aliphatic carbocycles. The summed E-state index contributed by atoms with van der Waals surface area (Å²) in [5.41, 5.74) is 2.10. The molecule has 1 saturated carbocycles. The van der Waals surface area contributed by atoms with Crippen LogP contribution in [0.15, 0.2) is 17.4 Å². The van der Waals surface area contributed by atoms with E-state index in [1.54, 1.807) is 0 Å². The lowest BCUT2D eigenvalue weighted by molar-refractivity contribution is -0.142. The first-order chi connectivity index (χ1) is 12.5. The minimum absolute atomic E-state index is 0.133. The first-order valence-electron chi connectivity index (χ1n) is 8.99. The van der Waals surface area contributed by atoms with Crippen molar-refractivity contribution in [3.8, 4) is 0 Å². The summed E-state index contributed by atoms with van der Waals surface area (Å²) in [6, 6.07) is 0. The van der Waals surface area contributed by atoms with Crippen LogP contribution < -0.4 is 0 Å². The van der Waals surface area contributed by atoms with Crippen LogP contribution in [0.5, 0.6) is 0 Å². The number of H-pyrrole nitrogens is 1. The van der Waals surface area contributed by atoms with Gasteiger partial charge in [-0.15, -0.1) is 0 Å². The SMILES string of the molecule is CN1CC(c2cn[nH]c2)C2N=C(C3CCC(C(=O)O)CC3)C(Br)C(=N)N21. The van der Waals surface area contributed by atoms with Gasteiger partial charge in [0.05, 0.1) is 12.1 Å². The van der Waals surface area contributed by atoms with Crippen LogP contribution in [-0.2, 0) is 4.79 Å². The second-order valence-corrected chi connectivity index (χ2v) is 8.34. The fraction of sp³-hybridized carbons (Fsp3) is 0.647. The zero-order valence-electron chi connectivity index (χ0n) is 14.6. The van der Waals surface area contributed by atoms with E-state index in [0.29, 0.717) is 18.7 Å². The molecule has 3 heterocycles. The molecule has 26 heavy (non-hydrogen) atoms. The maximum absolute atomic E-state index is 11.2. The van der Waals surface area contributed by atoms with Gasteiger partial charge in [0.15, 0.2) is 0 Å². The van der Waals surface area contributed by atoms with Gasteiger partial charge in [-0.1, -0.05) is 15.9 Å². The molecule has 3 aliphatic rings. The van der Waals surface area contributed by atoms with E-state index in [9.17, 15) is 9.90 Å². The van der Waals surface area contributed by atoms with Crippen molar-refractivity contribution >= 4 is 33.4 Å². The number of hydrogen-bond acceptors (Lipinski definition) is 5.